The Hall–Kier alpha value is -4.46. The van der Waals surface area contributed by atoms with Gasteiger partial charge in [-0.15, -0.1) is 0 Å². The van der Waals surface area contributed by atoms with E-state index in [9.17, 15) is 9.18 Å². The molecule has 0 radical (unpaired) electrons. The minimum Gasteiger partial charge on any atom is -0.490 e. The molecule has 8 heteroatoms. The van der Waals surface area contributed by atoms with Crippen LogP contribution in [0.25, 0.3) is 11.8 Å². The van der Waals surface area contributed by atoms with Crippen molar-refractivity contribution >= 4 is 34.7 Å². The first kappa shape index (κ1) is 28.3. The molecule has 0 saturated heterocycles. The Morgan fingerprint density at radius 1 is 0.977 bits per heavy atom. The average molecular weight is 623 g/mol. The normalized spacial score (nSPS) is 15.7. The molecular weight excluding hydrogens is 595 g/mol. The lowest BCUT2D eigenvalue weighted by molar-refractivity contribution is 0.269. The van der Waals surface area contributed by atoms with Crippen molar-refractivity contribution in [2.24, 2.45) is 4.99 Å². The van der Waals surface area contributed by atoms with E-state index in [0.717, 1.165) is 46.4 Å². The molecule has 2 heterocycles. The van der Waals surface area contributed by atoms with E-state index in [1.807, 2.05) is 67.6 Å². The van der Waals surface area contributed by atoms with E-state index in [2.05, 4.69) is 12.1 Å². The first-order valence-electron chi connectivity index (χ1n) is 14.5. The highest BCUT2D eigenvalue weighted by atomic mass is 35.5. The maximum atomic E-state index is 14.1. The quantitative estimate of drug-likeness (QED) is 0.195. The summed E-state index contributed by atoms with van der Waals surface area (Å²) < 4.78 is 28.3. The second kappa shape index (κ2) is 11.9. The highest BCUT2D eigenvalue weighted by Crippen LogP contribution is 2.41. The van der Waals surface area contributed by atoms with Crippen molar-refractivity contribution in [1.29, 1.82) is 0 Å². The number of nitrogens with zero attached hydrogens (tertiary/aromatic N) is 2. The minimum absolute atomic E-state index is 0.130. The summed E-state index contributed by atoms with van der Waals surface area (Å²) in [7, 11) is 0. The molecule has 4 aromatic carbocycles. The van der Waals surface area contributed by atoms with Crippen LogP contribution in [0, 0.1) is 5.82 Å². The molecule has 220 valence electrons. The molecule has 0 bridgehead atoms. The maximum absolute atomic E-state index is 14.1. The van der Waals surface area contributed by atoms with Crippen molar-refractivity contribution in [2.75, 3.05) is 6.61 Å². The third-order valence-electron chi connectivity index (χ3n) is 7.93. The van der Waals surface area contributed by atoms with Crippen molar-refractivity contribution in [2.45, 2.75) is 32.4 Å². The number of aromatic nitrogens is 1. The lowest BCUT2D eigenvalue weighted by Crippen LogP contribution is -2.38. The van der Waals surface area contributed by atoms with Crippen LogP contribution in [-0.4, -0.2) is 11.2 Å². The van der Waals surface area contributed by atoms with Crippen LogP contribution < -0.4 is 24.4 Å². The number of ether oxygens (including phenoxy) is 2. The fourth-order valence-corrected chi connectivity index (χ4v) is 6.99. The number of hydrogen-bond donors (Lipinski definition) is 0. The molecule has 0 saturated carbocycles. The number of aryl methyl sites for hydroxylation is 1. The van der Waals surface area contributed by atoms with Crippen molar-refractivity contribution in [3.05, 3.63) is 155 Å². The summed E-state index contributed by atoms with van der Waals surface area (Å²) in [4.78, 5) is 19.8. The maximum Gasteiger partial charge on any atom is 0.271 e. The van der Waals surface area contributed by atoms with Gasteiger partial charge in [-0.1, -0.05) is 77.5 Å². The zero-order valence-electron chi connectivity index (χ0n) is 23.9. The summed E-state index contributed by atoms with van der Waals surface area (Å²) in [6.07, 6.45) is 3.50. The fourth-order valence-electron chi connectivity index (χ4n) is 5.86. The summed E-state index contributed by atoms with van der Waals surface area (Å²) in [5.74, 6) is 0.900. The van der Waals surface area contributed by atoms with E-state index in [-0.39, 0.29) is 17.4 Å². The summed E-state index contributed by atoms with van der Waals surface area (Å²) in [6.45, 7) is 2.75. The fraction of sp³-hybridized carbons (Fsp3) is 0.167. The molecule has 0 unspecified atom stereocenters. The van der Waals surface area contributed by atoms with Gasteiger partial charge in [0.1, 0.15) is 12.4 Å². The van der Waals surface area contributed by atoms with E-state index >= 15 is 0 Å². The molecule has 5 aromatic rings. The van der Waals surface area contributed by atoms with Crippen LogP contribution in [0.3, 0.4) is 0 Å². The second-order valence-electron chi connectivity index (χ2n) is 10.7. The number of rotatable bonds is 7. The molecule has 2 aliphatic rings. The molecule has 0 N–H and O–H groups in total. The number of benzene rings is 4. The van der Waals surface area contributed by atoms with Gasteiger partial charge in [0.25, 0.3) is 5.56 Å². The molecule has 0 amide bonds. The number of allylic oxidation sites excluding steroid dienone is 1. The van der Waals surface area contributed by atoms with E-state index in [1.54, 1.807) is 16.7 Å². The zero-order valence-corrected chi connectivity index (χ0v) is 25.5. The first-order valence-corrected chi connectivity index (χ1v) is 15.7. The van der Waals surface area contributed by atoms with Crippen LogP contribution in [0.4, 0.5) is 4.39 Å². The topological polar surface area (TPSA) is 52.8 Å². The van der Waals surface area contributed by atoms with Crippen LogP contribution in [0.1, 0.15) is 47.2 Å². The predicted octanol–water partition coefficient (Wildman–Crippen LogP) is 7.09. The van der Waals surface area contributed by atoms with E-state index in [4.69, 9.17) is 26.1 Å². The molecule has 1 aromatic heterocycles. The standard InChI is InChI=1S/C36H28ClFN2O3S/c1-2-42-31-19-23(9-18-30(31)43-21-22-7-13-26(37)14-8-22)20-32-35(41)40-34(25-10-15-27(38)16-11-25)29-17-12-24-5-3-4-6-28(24)33(29)39-36(40)44-32/h3-11,13-16,18-20,34H,2,12,17,21H2,1H3/b32-20-/t34-/m0/s1. The molecule has 44 heavy (non-hydrogen) atoms. The zero-order chi connectivity index (χ0) is 30.2. The molecule has 0 fully saturated rings. The van der Waals surface area contributed by atoms with Gasteiger partial charge in [-0.25, -0.2) is 9.38 Å². The van der Waals surface area contributed by atoms with E-state index in [0.29, 0.717) is 39.1 Å². The summed E-state index contributed by atoms with van der Waals surface area (Å²) in [5, 5.41) is 0.673. The number of thiazole rings is 1. The third kappa shape index (κ3) is 5.38. The minimum atomic E-state index is -0.361. The summed E-state index contributed by atoms with van der Waals surface area (Å²) in [5.41, 5.74) is 6.86. The molecule has 1 atom stereocenters. The third-order valence-corrected chi connectivity index (χ3v) is 9.17. The smallest absolute Gasteiger partial charge is 0.271 e. The predicted molar refractivity (Wildman–Crippen MR) is 173 cm³/mol. The van der Waals surface area contributed by atoms with E-state index < -0.39 is 0 Å². The highest BCUT2D eigenvalue weighted by Gasteiger charge is 2.32. The number of halogens is 2. The van der Waals surface area contributed by atoms with Crippen LogP contribution in [0.2, 0.25) is 5.02 Å². The Bertz CT molecular complexity index is 2080. The van der Waals surface area contributed by atoms with Gasteiger partial charge in [0.2, 0.25) is 0 Å². The van der Waals surface area contributed by atoms with Gasteiger partial charge in [-0.3, -0.25) is 9.36 Å². The number of hydrogen-bond acceptors (Lipinski definition) is 5. The Kier molecular flexibility index (Phi) is 7.66. The monoisotopic (exact) mass is 622 g/mol. The van der Waals surface area contributed by atoms with Crippen molar-refractivity contribution in [1.82, 2.24) is 4.57 Å². The number of fused-ring (bicyclic) bond motifs is 3. The van der Waals surface area contributed by atoms with Crippen molar-refractivity contribution < 1.29 is 13.9 Å². The van der Waals surface area contributed by atoms with Crippen LogP contribution in [-0.2, 0) is 13.0 Å². The second-order valence-corrected chi connectivity index (χ2v) is 12.2. The van der Waals surface area contributed by atoms with Gasteiger partial charge >= 0.3 is 0 Å². The van der Waals surface area contributed by atoms with Gasteiger partial charge in [-0.05, 0) is 90.1 Å². The molecule has 1 aliphatic carbocycles. The summed E-state index contributed by atoms with van der Waals surface area (Å²) in [6, 6.07) is 27.5. The lowest BCUT2D eigenvalue weighted by Gasteiger charge is -2.30. The molecule has 1 aliphatic heterocycles. The SMILES string of the molecule is CCOc1cc(/C=c2\sc3n(c2=O)[C@@H](c2ccc(F)cc2)C2=C(N=3)c3ccccc3CC2)ccc1OCc1ccc(Cl)cc1. The lowest BCUT2D eigenvalue weighted by atomic mass is 9.83. The van der Waals surface area contributed by atoms with Crippen LogP contribution in [0.15, 0.2) is 106 Å². The molecule has 5 nitrogen and oxygen atoms in total. The Morgan fingerprint density at radius 2 is 1.77 bits per heavy atom. The average Bonchev–Trinajstić information content (AvgIpc) is 3.35. The largest absolute Gasteiger partial charge is 0.490 e. The highest BCUT2D eigenvalue weighted by molar-refractivity contribution is 7.07. The molecule has 7 rings (SSSR count). The van der Waals surface area contributed by atoms with Crippen LogP contribution >= 0.6 is 22.9 Å². The molecular formula is C36H28ClFN2O3S. The Labute approximate surface area is 262 Å². The van der Waals surface area contributed by atoms with Gasteiger partial charge in [0.05, 0.1) is 22.9 Å². The van der Waals surface area contributed by atoms with Gasteiger partial charge < -0.3 is 9.47 Å². The first-order chi connectivity index (χ1) is 21.5. The van der Waals surface area contributed by atoms with E-state index in [1.165, 1.54) is 29.0 Å². The van der Waals surface area contributed by atoms with Gasteiger partial charge in [-0.2, -0.15) is 0 Å². The van der Waals surface area contributed by atoms with Gasteiger partial charge in [0.15, 0.2) is 16.3 Å². The van der Waals surface area contributed by atoms with Gasteiger partial charge in [0, 0.05) is 10.6 Å². The summed E-state index contributed by atoms with van der Waals surface area (Å²) >= 11 is 7.37. The van der Waals surface area contributed by atoms with Crippen molar-refractivity contribution in [3.8, 4) is 11.5 Å². The van der Waals surface area contributed by atoms with Crippen molar-refractivity contribution in [3.63, 3.8) is 0 Å². The Balaban J connectivity index is 1.30. The molecule has 0 spiro atoms. The Morgan fingerprint density at radius 3 is 2.57 bits per heavy atom. The van der Waals surface area contributed by atoms with Crippen LogP contribution in [0.5, 0.6) is 11.5 Å².